The Bertz CT molecular complexity index is 242. The van der Waals surface area contributed by atoms with Crippen LogP contribution in [0.2, 0.25) is 0 Å². The molecule has 0 bridgehead atoms. The molecule has 0 aromatic heterocycles. The van der Waals surface area contributed by atoms with Crippen LogP contribution in [0.25, 0.3) is 0 Å². The highest BCUT2D eigenvalue weighted by molar-refractivity contribution is 4.90. The zero-order chi connectivity index (χ0) is 12.8. The highest BCUT2D eigenvalue weighted by Gasteiger charge is 2.37. The third kappa shape index (κ3) is 3.67. The summed E-state index contributed by atoms with van der Waals surface area (Å²) in [5.74, 6) is 0. The number of methoxy groups -OCH3 is 1. The van der Waals surface area contributed by atoms with E-state index >= 15 is 0 Å². The van der Waals surface area contributed by atoms with E-state index in [0.717, 1.165) is 39.3 Å². The second-order valence-electron chi connectivity index (χ2n) is 5.72. The fourth-order valence-electron chi connectivity index (χ4n) is 3.11. The van der Waals surface area contributed by atoms with Crippen molar-refractivity contribution < 1.29 is 9.47 Å². The maximum atomic E-state index is 5.75. The van der Waals surface area contributed by atoms with Gasteiger partial charge < -0.3 is 14.8 Å². The Balaban J connectivity index is 1.89. The zero-order valence-corrected chi connectivity index (χ0v) is 11.9. The van der Waals surface area contributed by atoms with Crippen LogP contribution in [0, 0.1) is 0 Å². The first kappa shape index (κ1) is 14.3. The molecule has 106 valence electrons. The average molecular weight is 256 g/mol. The second kappa shape index (κ2) is 6.85. The molecule has 2 saturated heterocycles. The van der Waals surface area contributed by atoms with Crippen molar-refractivity contribution in [2.75, 3.05) is 46.5 Å². The monoisotopic (exact) mass is 256 g/mol. The molecule has 0 amide bonds. The lowest BCUT2D eigenvalue weighted by Gasteiger charge is -2.33. The quantitative estimate of drug-likeness (QED) is 0.803. The highest BCUT2D eigenvalue weighted by atomic mass is 16.5. The summed E-state index contributed by atoms with van der Waals surface area (Å²) in [4.78, 5) is 2.57. The fraction of sp³-hybridized carbons (Fsp3) is 1.00. The van der Waals surface area contributed by atoms with Crippen molar-refractivity contribution in [1.82, 2.24) is 10.2 Å². The van der Waals surface area contributed by atoms with Crippen LogP contribution < -0.4 is 5.32 Å². The molecule has 18 heavy (non-hydrogen) atoms. The summed E-state index contributed by atoms with van der Waals surface area (Å²) in [7, 11) is 1.83. The van der Waals surface area contributed by atoms with Crippen LogP contribution in [0.15, 0.2) is 0 Å². The Morgan fingerprint density at radius 1 is 1.50 bits per heavy atom. The average Bonchev–Trinajstić information content (AvgIpc) is 2.73. The van der Waals surface area contributed by atoms with Gasteiger partial charge in [0.1, 0.15) is 5.60 Å². The van der Waals surface area contributed by atoms with Crippen LogP contribution in [0.1, 0.15) is 32.6 Å². The molecule has 1 N–H and O–H groups in total. The zero-order valence-electron chi connectivity index (χ0n) is 11.9. The van der Waals surface area contributed by atoms with Gasteiger partial charge in [-0.3, -0.25) is 4.90 Å². The highest BCUT2D eigenvalue weighted by Crippen LogP contribution is 2.24. The van der Waals surface area contributed by atoms with Crippen LogP contribution in [0.4, 0.5) is 0 Å². The summed E-state index contributed by atoms with van der Waals surface area (Å²) < 4.78 is 11.3. The largest absolute Gasteiger partial charge is 0.378 e. The molecule has 0 spiro atoms. The van der Waals surface area contributed by atoms with Crippen molar-refractivity contribution in [3.63, 3.8) is 0 Å². The Morgan fingerprint density at radius 3 is 3.06 bits per heavy atom. The van der Waals surface area contributed by atoms with E-state index in [1.807, 2.05) is 7.11 Å². The minimum Gasteiger partial charge on any atom is -0.378 e. The fourth-order valence-corrected chi connectivity index (χ4v) is 3.11. The summed E-state index contributed by atoms with van der Waals surface area (Å²) in [6, 6.07) is 0.647. The van der Waals surface area contributed by atoms with E-state index in [2.05, 4.69) is 17.1 Å². The molecule has 4 nitrogen and oxygen atoms in total. The summed E-state index contributed by atoms with van der Waals surface area (Å²) in [5.41, 5.74) is -0.0545. The Morgan fingerprint density at radius 2 is 2.39 bits per heavy atom. The molecule has 4 heteroatoms. The van der Waals surface area contributed by atoms with E-state index in [9.17, 15) is 0 Å². The van der Waals surface area contributed by atoms with Gasteiger partial charge in [-0.1, -0.05) is 13.3 Å². The molecule has 2 unspecified atom stereocenters. The van der Waals surface area contributed by atoms with E-state index < -0.39 is 0 Å². The number of rotatable bonds is 5. The minimum atomic E-state index is -0.0545. The lowest BCUT2D eigenvalue weighted by atomic mass is 10.0. The molecule has 0 aromatic rings. The van der Waals surface area contributed by atoms with E-state index in [-0.39, 0.29) is 5.60 Å². The number of nitrogens with zero attached hydrogens (tertiary/aromatic N) is 1. The number of hydrogen-bond donors (Lipinski definition) is 1. The van der Waals surface area contributed by atoms with Gasteiger partial charge in [0.05, 0.1) is 6.61 Å². The smallest absolute Gasteiger partial charge is 0.106 e. The molecule has 2 fully saturated rings. The molecule has 0 aliphatic carbocycles. The van der Waals surface area contributed by atoms with Gasteiger partial charge in [-0.25, -0.2) is 0 Å². The van der Waals surface area contributed by atoms with Gasteiger partial charge in [-0.15, -0.1) is 0 Å². The maximum absolute atomic E-state index is 5.75. The van der Waals surface area contributed by atoms with Gasteiger partial charge in [0.15, 0.2) is 0 Å². The van der Waals surface area contributed by atoms with Gasteiger partial charge >= 0.3 is 0 Å². The second-order valence-corrected chi connectivity index (χ2v) is 5.72. The standard InChI is InChI=1S/C14H28N2O2/c1-3-5-13-10-16(8-4-7-15-13)11-14(17-2)6-9-18-12-14/h13,15H,3-12H2,1-2H3. The third-order valence-electron chi connectivity index (χ3n) is 4.21. The van der Waals surface area contributed by atoms with E-state index in [4.69, 9.17) is 9.47 Å². The molecule has 2 rings (SSSR count). The van der Waals surface area contributed by atoms with Crippen molar-refractivity contribution in [3.05, 3.63) is 0 Å². The first-order valence-corrected chi connectivity index (χ1v) is 7.36. The van der Waals surface area contributed by atoms with Gasteiger partial charge in [0.2, 0.25) is 0 Å². The van der Waals surface area contributed by atoms with E-state index in [0.29, 0.717) is 6.04 Å². The molecule has 0 aromatic carbocycles. The van der Waals surface area contributed by atoms with Crippen molar-refractivity contribution in [2.45, 2.75) is 44.2 Å². The molecule has 0 saturated carbocycles. The number of nitrogens with one attached hydrogen (secondary N) is 1. The molecule has 2 atom stereocenters. The lowest BCUT2D eigenvalue weighted by Crippen LogP contribution is -2.48. The molecular weight excluding hydrogens is 228 g/mol. The van der Waals surface area contributed by atoms with Crippen molar-refractivity contribution >= 4 is 0 Å². The lowest BCUT2D eigenvalue weighted by molar-refractivity contribution is -0.0410. The number of ether oxygens (including phenoxy) is 2. The van der Waals surface area contributed by atoms with Crippen molar-refractivity contribution in [2.24, 2.45) is 0 Å². The van der Waals surface area contributed by atoms with Crippen LogP contribution in [0.5, 0.6) is 0 Å². The van der Waals surface area contributed by atoms with Gasteiger partial charge in [-0.2, -0.15) is 0 Å². The molecular formula is C14H28N2O2. The SMILES string of the molecule is CCCC1CN(CC2(OC)CCOC2)CCCN1. The molecule has 2 aliphatic heterocycles. The third-order valence-corrected chi connectivity index (χ3v) is 4.21. The molecule has 2 aliphatic rings. The van der Waals surface area contributed by atoms with E-state index in [1.54, 1.807) is 0 Å². The van der Waals surface area contributed by atoms with Crippen LogP contribution in [-0.4, -0.2) is 63.0 Å². The molecule has 2 heterocycles. The van der Waals surface area contributed by atoms with Crippen LogP contribution >= 0.6 is 0 Å². The van der Waals surface area contributed by atoms with Gasteiger partial charge in [-0.05, 0) is 25.9 Å². The predicted octanol–water partition coefficient (Wildman–Crippen LogP) is 1.26. The van der Waals surface area contributed by atoms with Gasteiger partial charge in [0, 0.05) is 39.3 Å². The predicted molar refractivity (Wildman–Crippen MR) is 72.9 cm³/mol. The molecule has 0 radical (unpaired) electrons. The van der Waals surface area contributed by atoms with Crippen LogP contribution in [0.3, 0.4) is 0 Å². The van der Waals surface area contributed by atoms with Crippen molar-refractivity contribution in [1.29, 1.82) is 0 Å². The summed E-state index contributed by atoms with van der Waals surface area (Å²) in [5, 5.41) is 3.65. The number of hydrogen-bond acceptors (Lipinski definition) is 4. The summed E-state index contributed by atoms with van der Waals surface area (Å²) in [6.45, 7) is 8.36. The maximum Gasteiger partial charge on any atom is 0.106 e. The Kier molecular flexibility index (Phi) is 5.42. The first-order valence-electron chi connectivity index (χ1n) is 7.36. The Labute approximate surface area is 111 Å². The topological polar surface area (TPSA) is 33.7 Å². The van der Waals surface area contributed by atoms with Crippen LogP contribution in [-0.2, 0) is 9.47 Å². The minimum absolute atomic E-state index is 0.0545. The van der Waals surface area contributed by atoms with E-state index in [1.165, 1.54) is 25.8 Å². The normalized spacial score (nSPS) is 34.7. The first-order chi connectivity index (χ1) is 8.78. The summed E-state index contributed by atoms with van der Waals surface area (Å²) >= 11 is 0. The summed E-state index contributed by atoms with van der Waals surface area (Å²) in [6.07, 6.45) is 4.80. The Hall–Kier alpha value is -0.160. The van der Waals surface area contributed by atoms with Gasteiger partial charge in [0.25, 0.3) is 0 Å². The van der Waals surface area contributed by atoms with Crippen molar-refractivity contribution in [3.8, 4) is 0 Å².